The summed E-state index contributed by atoms with van der Waals surface area (Å²) in [5.41, 5.74) is 1.32. The van der Waals surface area contributed by atoms with E-state index in [2.05, 4.69) is 0 Å². The Labute approximate surface area is 133 Å². The van der Waals surface area contributed by atoms with Crippen LogP contribution in [0.5, 0.6) is 11.5 Å². The molecule has 0 fully saturated rings. The van der Waals surface area contributed by atoms with Gasteiger partial charge in [0, 0.05) is 0 Å². The minimum absolute atomic E-state index is 0.197. The van der Waals surface area contributed by atoms with Crippen molar-refractivity contribution in [1.29, 1.82) is 0 Å². The van der Waals surface area contributed by atoms with Crippen LogP contribution in [0.1, 0.15) is 26.3 Å². The molecule has 0 amide bonds. The number of carboxylic acids is 1. The molecular formula is C18H16O5. The van der Waals surface area contributed by atoms with Crippen LogP contribution in [-0.4, -0.2) is 31.1 Å². The van der Waals surface area contributed by atoms with E-state index in [9.17, 15) is 9.59 Å². The fraction of sp³-hybridized carbons (Fsp3) is 0.111. The highest BCUT2D eigenvalue weighted by molar-refractivity contribution is 6.08. The Morgan fingerprint density at radius 2 is 1.70 bits per heavy atom. The van der Waals surface area contributed by atoms with Gasteiger partial charge in [0.05, 0.1) is 25.3 Å². The molecule has 0 unspecified atom stereocenters. The van der Waals surface area contributed by atoms with E-state index < -0.39 is 5.97 Å². The molecule has 0 saturated heterocycles. The summed E-state index contributed by atoms with van der Waals surface area (Å²) in [6.07, 6.45) is 3.03. The van der Waals surface area contributed by atoms with Gasteiger partial charge in [-0.2, -0.15) is 0 Å². The van der Waals surface area contributed by atoms with E-state index in [0.29, 0.717) is 17.1 Å². The number of ether oxygens (including phenoxy) is 2. The molecule has 0 aliphatic rings. The van der Waals surface area contributed by atoms with Crippen LogP contribution in [0.4, 0.5) is 0 Å². The maximum atomic E-state index is 12.3. The lowest BCUT2D eigenvalue weighted by atomic mass is 10.1. The summed E-state index contributed by atoms with van der Waals surface area (Å²) in [4.78, 5) is 23.1. The minimum Gasteiger partial charge on any atom is -0.497 e. The predicted octanol–water partition coefficient (Wildman–Crippen LogP) is 3.30. The van der Waals surface area contributed by atoms with Gasteiger partial charge in [0.25, 0.3) is 0 Å². The van der Waals surface area contributed by atoms with E-state index in [-0.39, 0.29) is 11.3 Å². The van der Waals surface area contributed by atoms with E-state index in [1.54, 1.807) is 36.4 Å². The van der Waals surface area contributed by atoms with Crippen molar-refractivity contribution in [3.63, 3.8) is 0 Å². The van der Waals surface area contributed by atoms with Crippen LogP contribution in [0.3, 0.4) is 0 Å². The molecule has 2 rings (SSSR count). The zero-order valence-electron chi connectivity index (χ0n) is 12.8. The van der Waals surface area contributed by atoms with E-state index >= 15 is 0 Å². The molecule has 0 radical (unpaired) electrons. The van der Waals surface area contributed by atoms with Crippen LogP contribution in [0.15, 0.2) is 48.5 Å². The fourth-order valence-electron chi connectivity index (χ4n) is 2.01. The van der Waals surface area contributed by atoms with Crippen LogP contribution >= 0.6 is 0 Å². The number of carbonyl (C=O) groups is 2. The number of hydrogen-bond donors (Lipinski definition) is 1. The van der Waals surface area contributed by atoms with Crippen molar-refractivity contribution in [2.45, 2.75) is 0 Å². The quantitative estimate of drug-likeness (QED) is 0.654. The topological polar surface area (TPSA) is 72.8 Å². The average molecular weight is 312 g/mol. The van der Waals surface area contributed by atoms with Gasteiger partial charge in [-0.15, -0.1) is 0 Å². The molecule has 2 aromatic rings. The van der Waals surface area contributed by atoms with Gasteiger partial charge >= 0.3 is 5.97 Å². The Hall–Kier alpha value is -3.08. The number of carbonyl (C=O) groups excluding carboxylic acids is 1. The van der Waals surface area contributed by atoms with Gasteiger partial charge in [-0.3, -0.25) is 4.79 Å². The number of methoxy groups -OCH3 is 2. The third kappa shape index (κ3) is 3.97. The molecular weight excluding hydrogens is 296 g/mol. The Kier molecular flexibility index (Phi) is 5.15. The molecule has 0 aliphatic heterocycles. The monoisotopic (exact) mass is 312 g/mol. The van der Waals surface area contributed by atoms with Gasteiger partial charge in [-0.05, 0) is 42.0 Å². The van der Waals surface area contributed by atoms with Gasteiger partial charge in [0.15, 0.2) is 5.78 Å². The highest BCUT2D eigenvalue weighted by atomic mass is 16.5. The van der Waals surface area contributed by atoms with Crippen molar-refractivity contribution in [1.82, 2.24) is 0 Å². The number of ketones is 1. The van der Waals surface area contributed by atoms with Gasteiger partial charge in [0.2, 0.25) is 0 Å². The summed E-state index contributed by atoms with van der Waals surface area (Å²) >= 11 is 0. The van der Waals surface area contributed by atoms with Gasteiger partial charge in [0.1, 0.15) is 11.5 Å². The van der Waals surface area contributed by atoms with Gasteiger partial charge in [-0.25, -0.2) is 4.79 Å². The van der Waals surface area contributed by atoms with Crippen LogP contribution in [-0.2, 0) is 0 Å². The summed E-state index contributed by atoms with van der Waals surface area (Å²) in [6, 6.07) is 11.2. The molecule has 2 aromatic carbocycles. The Balaban J connectivity index is 2.22. The Morgan fingerprint density at radius 3 is 2.26 bits per heavy atom. The second-order valence-electron chi connectivity index (χ2n) is 4.69. The van der Waals surface area contributed by atoms with Crippen molar-refractivity contribution in [2.75, 3.05) is 14.2 Å². The van der Waals surface area contributed by atoms with E-state index in [1.165, 1.54) is 32.4 Å². The first-order chi connectivity index (χ1) is 11.0. The minimum atomic E-state index is -0.988. The molecule has 23 heavy (non-hydrogen) atoms. The van der Waals surface area contributed by atoms with E-state index in [0.717, 1.165) is 5.56 Å². The first-order valence-electron chi connectivity index (χ1n) is 6.83. The molecule has 0 saturated carbocycles. The molecule has 1 N–H and O–H groups in total. The lowest BCUT2D eigenvalue weighted by Crippen LogP contribution is -2.00. The summed E-state index contributed by atoms with van der Waals surface area (Å²) in [6.45, 7) is 0. The molecule has 0 spiro atoms. The normalized spacial score (nSPS) is 10.5. The standard InChI is InChI=1S/C18H16O5/c1-22-14-8-10-17(23-2)15(11-14)16(19)9-5-12-3-6-13(7-4-12)18(20)21/h3-11H,1-2H3,(H,20,21). The predicted molar refractivity (Wildman–Crippen MR) is 86.3 cm³/mol. The number of carboxylic acid groups (broad SMARTS) is 1. The third-order valence-corrected chi connectivity index (χ3v) is 3.26. The first-order valence-corrected chi connectivity index (χ1v) is 6.83. The second kappa shape index (κ2) is 7.26. The molecule has 0 aromatic heterocycles. The zero-order valence-corrected chi connectivity index (χ0v) is 12.8. The Morgan fingerprint density at radius 1 is 1.00 bits per heavy atom. The highest BCUT2D eigenvalue weighted by Crippen LogP contribution is 2.24. The molecule has 0 bridgehead atoms. The van der Waals surface area contributed by atoms with Crippen molar-refractivity contribution in [2.24, 2.45) is 0 Å². The largest absolute Gasteiger partial charge is 0.497 e. The summed E-state index contributed by atoms with van der Waals surface area (Å²) in [5.74, 6) is -0.198. The second-order valence-corrected chi connectivity index (χ2v) is 4.69. The summed E-state index contributed by atoms with van der Waals surface area (Å²) in [7, 11) is 3.02. The van der Waals surface area contributed by atoms with Gasteiger partial charge in [-0.1, -0.05) is 18.2 Å². The van der Waals surface area contributed by atoms with Crippen molar-refractivity contribution < 1.29 is 24.2 Å². The summed E-state index contributed by atoms with van der Waals surface area (Å²) in [5, 5.41) is 8.85. The lowest BCUT2D eigenvalue weighted by molar-refractivity contribution is 0.0696. The smallest absolute Gasteiger partial charge is 0.335 e. The zero-order chi connectivity index (χ0) is 16.8. The molecule has 0 aliphatic carbocycles. The number of benzene rings is 2. The highest BCUT2D eigenvalue weighted by Gasteiger charge is 2.11. The van der Waals surface area contributed by atoms with Crippen LogP contribution < -0.4 is 9.47 Å². The summed E-state index contributed by atoms with van der Waals surface area (Å²) < 4.78 is 10.3. The maximum absolute atomic E-state index is 12.3. The van der Waals surface area contributed by atoms with Crippen molar-refractivity contribution in [3.05, 3.63) is 65.2 Å². The van der Waals surface area contributed by atoms with Gasteiger partial charge < -0.3 is 14.6 Å². The molecule has 5 nitrogen and oxygen atoms in total. The van der Waals surface area contributed by atoms with Crippen molar-refractivity contribution in [3.8, 4) is 11.5 Å². The van der Waals surface area contributed by atoms with Crippen LogP contribution in [0.25, 0.3) is 6.08 Å². The first kappa shape index (κ1) is 16.3. The van der Waals surface area contributed by atoms with E-state index in [4.69, 9.17) is 14.6 Å². The van der Waals surface area contributed by atoms with Crippen LogP contribution in [0, 0.1) is 0 Å². The maximum Gasteiger partial charge on any atom is 0.335 e. The SMILES string of the molecule is COc1ccc(OC)c(C(=O)C=Cc2ccc(C(=O)O)cc2)c1. The molecule has 0 heterocycles. The third-order valence-electron chi connectivity index (χ3n) is 3.26. The molecule has 5 heteroatoms. The van der Waals surface area contributed by atoms with Crippen LogP contribution in [0.2, 0.25) is 0 Å². The molecule has 0 atom stereocenters. The number of hydrogen-bond acceptors (Lipinski definition) is 4. The Bertz CT molecular complexity index is 745. The fourth-order valence-corrected chi connectivity index (χ4v) is 2.01. The number of allylic oxidation sites excluding steroid dienone is 1. The number of rotatable bonds is 6. The number of aromatic carboxylic acids is 1. The average Bonchev–Trinajstić information content (AvgIpc) is 2.59. The van der Waals surface area contributed by atoms with E-state index in [1.807, 2.05) is 0 Å². The molecule has 118 valence electrons. The van der Waals surface area contributed by atoms with Crippen molar-refractivity contribution >= 4 is 17.8 Å². The lowest BCUT2D eigenvalue weighted by Gasteiger charge is -2.07.